The van der Waals surface area contributed by atoms with E-state index in [4.69, 9.17) is 0 Å². The number of hydrogen-bond acceptors (Lipinski definition) is 4. The Kier molecular flexibility index (Phi) is 2.46. The van der Waals surface area contributed by atoms with E-state index < -0.39 is 10.0 Å². The molecule has 68 valence electrons. The molecule has 0 aromatic carbocycles. The third-order valence-corrected chi connectivity index (χ3v) is 2.47. The summed E-state index contributed by atoms with van der Waals surface area (Å²) < 4.78 is 22.6. The summed E-state index contributed by atoms with van der Waals surface area (Å²) in [4.78, 5) is 8.35. The van der Waals surface area contributed by atoms with Crippen LogP contribution in [0.3, 0.4) is 0 Å². The molecule has 0 atom stereocenters. The number of H-pyrrole nitrogens is 1. The van der Waals surface area contributed by atoms with E-state index in [2.05, 4.69) is 14.8 Å². The maximum Gasteiger partial charge on any atom is 0.270 e. The Morgan fingerprint density at radius 1 is 1.58 bits per heavy atom. The van der Waals surface area contributed by atoms with Gasteiger partial charge in [0.25, 0.3) is 10.0 Å². The first kappa shape index (κ1) is 9.17. The zero-order chi connectivity index (χ0) is 9.19. The first-order valence-corrected chi connectivity index (χ1v) is 4.69. The van der Waals surface area contributed by atoms with Gasteiger partial charge in [0.1, 0.15) is 0 Å². The third-order valence-electron chi connectivity index (χ3n) is 1.07. The lowest BCUT2D eigenvalue weighted by Gasteiger charge is -2.10. The number of hydrogen-bond donors (Lipinski definition) is 2. The van der Waals surface area contributed by atoms with E-state index in [0.29, 0.717) is 0 Å². The fourth-order valence-corrected chi connectivity index (χ4v) is 1.67. The van der Waals surface area contributed by atoms with E-state index in [-0.39, 0.29) is 5.03 Å². The van der Waals surface area contributed by atoms with Gasteiger partial charge in [0.15, 0.2) is 5.03 Å². The number of rotatable bonds is 3. The van der Waals surface area contributed by atoms with Crippen LogP contribution in [-0.4, -0.2) is 37.5 Å². The molecule has 1 rings (SSSR count). The summed E-state index contributed by atoms with van der Waals surface area (Å²) in [5.74, 6) is 0. The lowest BCUT2D eigenvalue weighted by molar-refractivity contribution is 0.363. The predicted molar refractivity (Wildman–Crippen MR) is 42.6 cm³/mol. The first-order valence-electron chi connectivity index (χ1n) is 3.20. The first-order chi connectivity index (χ1) is 5.52. The molecule has 0 saturated carbocycles. The maximum atomic E-state index is 11.3. The smallest absolute Gasteiger partial charge is 0.270 e. The molecule has 0 aliphatic rings. The molecule has 1 heterocycles. The Balaban J connectivity index is 2.88. The van der Waals surface area contributed by atoms with Crippen molar-refractivity contribution < 1.29 is 8.42 Å². The van der Waals surface area contributed by atoms with Gasteiger partial charge in [-0.3, -0.25) is 0 Å². The Labute approximate surface area is 70.6 Å². The zero-order valence-electron chi connectivity index (χ0n) is 6.77. The number of nitrogens with one attached hydrogen (secondary N) is 2. The van der Waals surface area contributed by atoms with Gasteiger partial charge in [0.2, 0.25) is 0 Å². The molecule has 0 amide bonds. The highest BCUT2D eigenvalue weighted by atomic mass is 32.2. The Morgan fingerprint density at radius 3 is 2.67 bits per heavy atom. The van der Waals surface area contributed by atoms with Crippen molar-refractivity contribution in [2.75, 3.05) is 14.1 Å². The molecule has 0 fully saturated rings. The number of aromatic amines is 1. The van der Waals surface area contributed by atoms with Crippen LogP contribution >= 0.6 is 0 Å². The van der Waals surface area contributed by atoms with Gasteiger partial charge in [-0.1, -0.05) is 0 Å². The van der Waals surface area contributed by atoms with Crippen molar-refractivity contribution in [1.29, 1.82) is 0 Å². The number of imidazole rings is 1. The summed E-state index contributed by atoms with van der Waals surface area (Å²) in [7, 11) is -0.276. The Morgan fingerprint density at radius 2 is 2.25 bits per heavy atom. The van der Waals surface area contributed by atoms with E-state index in [9.17, 15) is 8.42 Å². The summed E-state index contributed by atoms with van der Waals surface area (Å²) in [6.45, 7) is 0. The molecule has 0 bridgehead atoms. The highest BCUT2D eigenvalue weighted by Crippen LogP contribution is 2.00. The standard InChI is InChI=1S/C5H10N4O2S/c1-9(2)8-12(10,11)5-3-6-4-7-5/h3-4,8H,1-2H3,(H,6,7). The van der Waals surface area contributed by atoms with Gasteiger partial charge in [0, 0.05) is 14.1 Å². The van der Waals surface area contributed by atoms with E-state index >= 15 is 0 Å². The number of hydrazine groups is 1. The van der Waals surface area contributed by atoms with Crippen LogP contribution in [0.4, 0.5) is 0 Å². The molecule has 0 unspecified atom stereocenters. The van der Waals surface area contributed by atoms with E-state index in [0.717, 1.165) is 0 Å². The molecule has 0 radical (unpaired) electrons. The van der Waals surface area contributed by atoms with E-state index in [1.54, 1.807) is 14.1 Å². The fraction of sp³-hybridized carbons (Fsp3) is 0.400. The van der Waals surface area contributed by atoms with Crippen LogP contribution in [0.1, 0.15) is 0 Å². The number of nitrogens with zero attached hydrogens (tertiary/aromatic N) is 2. The SMILES string of the molecule is CN(C)NS(=O)(=O)c1cnc[nH]1. The van der Waals surface area contributed by atoms with Crippen molar-refractivity contribution >= 4 is 10.0 Å². The minimum atomic E-state index is -3.46. The predicted octanol–water partition coefficient (Wildman–Crippen LogP) is -0.835. The summed E-state index contributed by atoms with van der Waals surface area (Å²) in [6.07, 6.45) is 2.55. The van der Waals surface area contributed by atoms with Crippen LogP contribution in [0.5, 0.6) is 0 Å². The van der Waals surface area contributed by atoms with Crippen molar-refractivity contribution in [3.63, 3.8) is 0 Å². The second-order valence-corrected chi connectivity index (χ2v) is 4.03. The topological polar surface area (TPSA) is 78.1 Å². The molecule has 0 aliphatic carbocycles. The summed E-state index contributed by atoms with van der Waals surface area (Å²) in [5.41, 5.74) is 0. The second kappa shape index (κ2) is 3.21. The quantitative estimate of drug-likeness (QED) is 0.609. The molecule has 6 nitrogen and oxygen atoms in total. The monoisotopic (exact) mass is 190 g/mol. The van der Waals surface area contributed by atoms with Gasteiger partial charge >= 0.3 is 0 Å². The lowest BCUT2D eigenvalue weighted by Crippen LogP contribution is -2.36. The largest absolute Gasteiger partial charge is 0.335 e. The van der Waals surface area contributed by atoms with Crippen LogP contribution in [0.2, 0.25) is 0 Å². The van der Waals surface area contributed by atoms with Crippen molar-refractivity contribution in [3.05, 3.63) is 12.5 Å². The number of aromatic nitrogens is 2. The molecule has 0 saturated heterocycles. The van der Waals surface area contributed by atoms with Gasteiger partial charge in [-0.25, -0.2) is 18.4 Å². The van der Waals surface area contributed by atoms with Crippen LogP contribution in [0, 0.1) is 0 Å². The second-order valence-electron chi connectivity index (χ2n) is 2.41. The van der Waals surface area contributed by atoms with E-state index in [1.165, 1.54) is 17.5 Å². The molecule has 7 heteroatoms. The summed E-state index contributed by atoms with van der Waals surface area (Å²) in [6, 6.07) is 0. The van der Waals surface area contributed by atoms with Gasteiger partial charge in [-0.05, 0) is 0 Å². The summed E-state index contributed by atoms with van der Waals surface area (Å²) >= 11 is 0. The van der Waals surface area contributed by atoms with Gasteiger partial charge in [-0.15, -0.1) is 4.83 Å². The van der Waals surface area contributed by atoms with Crippen LogP contribution in [-0.2, 0) is 10.0 Å². The third kappa shape index (κ3) is 2.03. The van der Waals surface area contributed by atoms with Crippen molar-refractivity contribution in [1.82, 2.24) is 19.8 Å². The average Bonchev–Trinajstić information content (AvgIpc) is 2.32. The molecule has 1 aromatic rings. The average molecular weight is 190 g/mol. The molecule has 0 aliphatic heterocycles. The number of sulfonamides is 1. The molecule has 12 heavy (non-hydrogen) atoms. The Bertz CT molecular complexity index is 328. The highest BCUT2D eigenvalue weighted by molar-refractivity contribution is 7.89. The van der Waals surface area contributed by atoms with Crippen LogP contribution in [0.15, 0.2) is 17.6 Å². The molecule has 0 spiro atoms. The van der Waals surface area contributed by atoms with Gasteiger partial charge in [-0.2, -0.15) is 0 Å². The molecular formula is C5H10N4O2S. The molecular weight excluding hydrogens is 180 g/mol. The maximum absolute atomic E-state index is 11.3. The minimum Gasteiger partial charge on any atom is -0.335 e. The van der Waals surface area contributed by atoms with Crippen molar-refractivity contribution in [3.8, 4) is 0 Å². The van der Waals surface area contributed by atoms with Gasteiger partial charge in [0.05, 0.1) is 12.5 Å². The lowest BCUT2D eigenvalue weighted by atomic mass is 11.0. The summed E-state index contributed by atoms with van der Waals surface area (Å²) in [5, 5.41) is 1.40. The van der Waals surface area contributed by atoms with E-state index in [1.807, 2.05) is 0 Å². The van der Waals surface area contributed by atoms with Crippen LogP contribution < -0.4 is 4.83 Å². The van der Waals surface area contributed by atoms with Crippen molar-refractivity contribution in [2.24, 2.45) is 0 Å². The Hall–Kier alpha value is -0.920. The normalized spacial score (nSPS) is 12.2. The highest BCUT2D eigenvalue weighted by Gasteiger charge is 2.15. The molecule has 2 N–H and O–H groups in total. The van der Waals surface area contributed by atoms with Crippen molar-refractivity contribution in [2.45, 2.75) is 5.03 Å². The van der Waals surface area contributed by atoms with Crippen LogP contribution in [0.25, 0.3) is 0 Å². The minimum absolute atomic E-state index is 0.0520. The zero-order valence-corrected chi connectivity index (χ0v) is 7.59. The fourth-order valence-electron chi connectivity index (χ4n) is 0.680. The van der Waals surface area contributed by atoms with Gasteiger partial charge < -0.3 is 4.98 Å². The molecule has 1 aromatic heterocycles.